The van der Waals surface area contributed by atoms with E-state index in [0.29, 0.717) is 24.8 Å². The van der Waals surface area contributed by atoms with Crippen LogP contribution in [0.3, 0.4) is 0 Å². The lowest BCUT2D eigenvalue weighted by atomic mass is 10.1. The van der Waals surface area contributed by atoms with Gasteiger partial charge in [-0.25, -0.2) is 13.1 Å². The molecule has 0 aliphatic carbocycles. The lowest BCUT2D eigenvalue weighted by Gasteiger charge is -2.14. The van der Waals surface area contributed by atoms with E-state index in [4.69, 9.17) is 10.5 Å². The highest BCUT2D eigenvalue weighted by Gasteiger charge is 2.22. The average molecular weight is 316 g/mol. The third-order valence-corrected chi connectivity index (χ3v) is 6.03. The highest BCUT2D eigenvalue weighted by Crippen LogP contribution is 2.26. The van der Waals surface area contributed by atoms with Gasteiger partial charge in [-0.05, 0) is 41.5 Å². The van der Waals surface area contributed by atoms with Gasteiger partial charge in [0.05, 0.1) is 7.11 Å². The van der Waals surface area contributed by atoms with Crippen molar-refractivity contribution >= 4 is 21.8 Å². The molecule has 1 aliphatic rings. The van der Waals surface area contributed by atoms with Crippen LogP contribution in [0.25, 0.3) is 0 Å². The number of hydrogen-bond donors (Lipinski definition) is 2. The number of nitrogens with one attached hydrogen (secondary N) is 1. The van der Waals surface area contributed by atoms with Gasteiger partial charge in [0.25, 0.3) is 0 Å². The number of benzene rings is 1. The van der Waals surface area contributed by atoms with Crippen LogP contribution in [-0.2, 0) is 16.6 Å². The summed E-state index contributed by atoms with van der Waals surface area (Å²) in [5.41, 5.74) is 6.39. The number of sulfonamides is 1. The molecule has 3 N–H and O–H groups in total. The van der Waals surface area contributed by atoms with Crippen LogP contribution in [-0.4, -0.2) is 33.6 Å². The summed E-state index contributed by atoms with van der Waals surface area (Å²) in [6.45, 7) is 0.834. The van der Waals surface area contributed by atoms with E-state index in [0.717, 1.165) is 23.5 Å². The SMILES string of the molecule is COc1cc(CN)ccc1S(=O)(=O)NCC1CCSC1. The Balaban J connectivity index is 2.15. The van der Waals surface area contributed by atoms with Crippen LogP contribution in [0.4, 0.5) is 0 Å². The maximum atomic E-state index is 12.3. The van der Waals surface area contributed by atoms with Crippen molar-refractivity contribution in [3.63, 3.8) is 0 Å². The summed E-state index contributed by atoms with van der Waals surface area (Å²) in [4.78, 5) is 0.169. The normalized spacial score (nSPS) is 19.2. The second-order valence-corrected chi connectivity index (χ2v) is 7.66. The van der Waals surface area contributed by atoms with Gasteiger partial charge in [0.1, 0.15) is 10.6 Å². The smallest absolute Gasteiger partial charge is 0.244 e. The molecule has 0 saturated carbocycles. The molecule has 1 atom stereocenters. The van der Waals surface area contributed by atoms with Crippen molar-refractivity contribution in [2.75, 3.05) is 25.2 Å². The Labute approximate surface area is 124 Å². The predicted octanol–water partition coefficient (Wildman–Crippen LogP) is 1.19. The van der Waals surface area contributed by atoms with E-state index in [1.165, 1.54) is 7.11 Å². The molecule has 1 aliphatic heterocycles. The molecule has 7 heteroatoms. The fourth-order valence-electron chi connectivity index (χ4n) is 2.11. The van der Waals surface area contributed by atoms with E-state index in [1.807, 2.05) is 11.8 Å². The fourth-order valence-corrected chi connectivity index (χ4v) is 4.66. The summed E-state index contributed by atoms with van der Waals surface area (Å²) in [7, 11) is -2.08. The lowest BCUT2D eigenvalue weighted by molar-refractivity contribution is 0.401. The Kier molecular flexibility index (Phi) is 5.31. The molecule has 1 aromatic carbocycles. The van der Waals surface area contributed by atoms with Gasteiger partial charge < -0.3 is 10.5 Å². The van der Waals surface area contributed by atoms with Gasteiger partial charge in [0.15, 0.2) is 0 Å². The van der Waals surface area contributed by atoms with Crippen LogP contribution in [0, 0.1) is 5.92 Å². The standard InChI is InChI=1S/C13H20N2O3S2/c1-18-12-6-10(7-14)2-3-13(12)20(16,17)15-8-11-4-5-19-9-11/h2-3,6,11,15H,4-5,7-9,14H2,1H3. The zero-order chi connectivity index (χ0) is 14.6. The Morgan fingerprint density at radius 3 is 2.90 bits per heavy atom. The minimum absolute atomic E-state index is 0.169. The molecule has 0 aromatic heterocycles. The number of rotatable bonds is 6. The summed E-state index contributed by atoms with van der Waals surface area (Å²) in [6, 6.07) is 4.93. The van der Waals surface area contributed by atoms with Crippen molar-refractivity contribution < 1.29 is 13.2 Å². The Bertz CT molecular complexity index is 555. The van der Waals surface area contributed by atoms with Gasteiger partial charge >= 0.3 is 0 Å². The summed E-state index contributed by atoms with van der Waals surface area (Å²) >= 11 is 1.87. The highest BCUT2D eigenvalue weighted by molar-refractivity contribution is 7.99. The summed E-state index contributed by atoms with van der Waals surface area (Å²) in [6.07, 6.45) is 1.07. The molecule has 1 aromatic rings. The monoisotopic (exact) mass is 316 g/mol. The van der Waals surface area contributed by atoms with Crippen LogP contribution >= 0.6 is 11.8 Å². The zero-order valence-corrected chi connectivity index (χ0v) is 13.1. The van der Waals surface area contributed by atoms with Crippen molar-refractivity contribution in [1.29, 1.82) is 0 Å². The van der Waals surface area contributed by atoms with Crippen molar-refractivity contribution in [3.8, 4) is 5.75 Å². The number of nitrogens with two attached hydrogens (primary N) is 1. The second kappa shape index (κ2) is 6.80. The molecule has 0 radical (unpaired) electrons. The van der Waals surface area contributed by atoms with Crippen molar-refractivity contribution in [2.24, 2.45) is 11.7 Å². The van der Waals surface area contributed by atoms with Crippen LogP contribution in [0.2, 0.25) is 0 Å². The average Bonchev–Trinajstić information content (AvgIpc) is 2.97. The van der Waals surface area contributed by atoms with Gasteiger partial charge in [-0.1, -0.05) is 6.07 Å². The second-order valence-electron chi connectivity index (χ2n) is 4.77. The Morgan fingerprint density at radius 1 is 1.50 bits per heavy atom. The molecular weight excluding hydrogens is 296 g/mol. The first-order valence-corrected chi connectivity index (χ1v) is 9.15. The first-order valence-electron chi connectivity index (χ1n) is 6.51. The van der Waals surface area contributed by atoms with E-state index in [9.17, 15) is 8.42 Å². The molecular formula is C13H20N2O3S2. The molecule has 2 rings (SSSR count). The molecule has 5 nitrogen and oxygen atoms in total. The molecule has 112 valence electrons. The maximum absolute atomic E-state index is 12.3. The zero-order valence-electron chi connectivity index (χ0n) is 11.5. The number of ether oxygens (including phenoxy) is 1. The van der Waals surface area contributed by atoms with Crippen LogP contribution in [0.15, 0.2) is 23.1 Å². The Hall–Kier alpha value is -0.760. The van der Waals surface area contributed by atoms with Crippen LogP contribution in [0.5, 0.6) is 5.75 Å². The first kappa shape index (κ1) is 15.6. The third kappa shape index (κ3) is 3.66. The van der Waals surface area contributed by atoms with E-state index in [-0.39, 0.29) is 4.90 Å². The summed E-state index contributed by atoms with van der Waals surface area (Å²) in [5.74, 6) is 2.89. The topological polar surface area (TPSA) is 81.4 Å². The highest BCUT2D eigenvalue weighted by atomic mass is 32.2. The van der Waals surface area contributed by atoms with Crippen molar-refractivity contribution in [2.45, 2.75) is 17.9 Å². The van der Waals surface area contributed by atoms with Gasteiger partial charge in [0.2, 0.25) is 10.0 Å². The van der Waals surface area contributed by atoms with Gasteiger partial charge in [-0.3, -0.25) is 0 Å². The predicted molar refractivity (Wildman–Crippen MR) is 81.5 cm³/mol. The fraction of sp³-hybridized carbons (Fsp3) is 0.538. The molecule has 1 fully saturated rings. The van der Waals surface area contributed by atoms with Gasteiger partial charge in [-0.2, -0.15) is 11.8 Å². The van der Waals surface area contributed by atoms with E-state index in [1.54, 1.807) is 18.2 Å². The number of thioether (sulfide) groups is 1. The minimum atomic E-state index is -3.54. The van der Waals surface area contributed by atoms with Gasteiger partial charge in [-0.15, -0.1) is 0 Å². The lowest BCUT2D eigenvalue weighted by Crippen LogP contribution is -2.29. The molecule has 0 spiro atoms. The maximum Gasteiger partial charge on any atom is 0.244 e. The molecule has 1 saturated heterocycles. The largest absolute Gasteiger partial charge is 0.495 e. The molecule has 0 bridgehead atoms. The van der Waals surface area contributed by atoms with E-state index >= 15 is 0 Å². The summed E-state index contributed by atoms with van der Waals surface area (Å²) in [5, 5.41) is 0. The number of hydrogen-bond acceptors (Lipinski definition) is 5. The molecule has 1 unspecified atom stereocenters. The number of methoxy groups -OCH3 is 1. The first-order chi connectivity index (χ1) is 9.56. The minimum Gasteiger partial charge on any atom is -0.495 e. The van der Waals surface area contributed by atoms with Crippen LogP contribution < -0.4 is 15.2 Å². The van der Waals surface area contributed by atoms with Crippen molar-refractivity contribution in [1.82, 2.24) is 4.72 Å². The third-order valence-electron chi connectivity index (χ3n) is 3.34. The van der Waals surface area contributed by atoms with Crippen LogP contribution in [0.1, 0.15) is 12.0 Å². The molecule has 20 heavy (non-hydrogen) atoms. The van der Waals surface area contributed by atoms with E-state index < -0.39 is 10.0 Å². The van der Waals surface area contributed by atoms with E-state index in [2.05, 4.69) is 4.72 Å². The quantitative estimate of drug-likeness (QED) is 0.824. The van der Waals surface area contributed by atoms with Gasteiger partial charge in [0, 0.05) is 13.1 Å². The Morgan fingerprint density at radius 2 is 2.30 bits per heavy atom. The molecule has 0 amide bonds. The molecule has 1 heterocycles. The van der Waals surface area contributed by atoms with Crippen molar-refractivity contribution in [3.05, 3.63) is 23.8 Å². The summed E-state index contributed by atoms with van der Waals surface area (Å²) < 4.78 is 32.5.